The third-order valence-electron chi connectivity index (χ3n) is 7.06. The molecule has 3 aromatic rings. The van der Waals surface area contributed by atoms with Crippen LogP contribution in [-0.2, 0) is 26.1 Å². The van der Waals surface area contributed by atoms with Gasteiger partial charge in [0.1, 0.15) is 23.7 Å². The van der Waals surface area contributed by atoms with Crippen LogP contribution in [0.4, 0.5) is 0 Å². The lowest BCUT2D eigenvalue weighted by Gasteiger charge is -2.42. The Kier molecular flexibility index (Phi) is 9.78. The van der Waals surface area contributed by atoms with Gasteiger partial charge in [0.05, 0.1) is 37.1 Å². The van der Waals surface area contributed by atoms with Gasteiger partial charge in [0, 0.05) is 25.2 Å². The number of nitrogens with two attached hydrogens (primary N) is 1. The fraction of sp³-hybridized carbons (Fsp3) is 0.333. The molecule has 10 nitrogen and oxygen atoms in total. The first-order chi connectivity index (χ1) is 19.9. The van der Waals surface area contributed by atoms with Crippen LogP contribution in [0.3, 0.4) is 0 Å². The summed E-state index contributed by atoms with van der Waals surface area (Å²) in [6.45, 7) is 2.56. The van der Waals surface area contributed by atoms with Gasteiger partial charge in [0.25, 0.3) is 5.91 Å². The molecule has 42 heavy (non-hydrogen) atoms. The van der Waals surface area contributed by atoms with Crippen LogP contribution in [0.15, 0.2) is 71.6 Å². The van der Waals surface area contributed by atoms with E-state index in [1.54, 1.807) is 30.1 Å². The number of nitrogens with zero attached hydrogens (tertiary/aromatic N) is 2. The third-order valence-corrected chi connectivity index (χ3v) is 8.39. The van der Waals surface area contributed by atoms with E-state index in [2.05, 4.69) is 0 Å². The van der Waals surface area contributed by atoms with Crippen molar-refractivity contribution in [2.45, 2.75) is 30.4 Å². The van der Waals surface area contributed by atoms with Crippen LogP contribution in [0.5, 0.6) is 11.5 Å². The number of hydrogen-bond acceptors (Lipinski definition) is 7. The van der Waals surface area contributed by atoms with E-state index in [0.717, 1.165) is 11.1 Å². The van der Waals surface area contributed by atoms with Gasteiger partial charge in [0.15, 0.2) is 0 Å². The largest absolute Gasteiger partial charge is 0.496 e. The van der Waals surface area contributed by atoms with Crippen LogP contribution in [-0.4, -0.2) is 76.1 Å². The van der Waals surface area contributed by atoms with Crippen molar-refractivity contribution in [2.24, 2.45) is 5.14 Å². The number of carbonyl (C=O) groups excluding carboxylic acids is 2. The minimum absolute atomic E-state index is 0.00603. The molecule has 4 rings (SSSR count). The average molecular weight is 616 g/mol. The summed E-state index contributed by atoms with van der Waals surface area (Å²) in [6.07, 6.45) is -0.0684. The molecule has 0 aliphatic carbocycles. The number of aryl methyl sites for hydroxylation is 1. The van der Waals surface area contributed by atoms with Gasteiger partial charge in [-0.05, 0) is 54.4 Å². The van der Waals surface area contributed by atoms with Crippen molar-refractivity contribution < 1.29 is 32.2 Å². The number of amides is 2. The number of halogens is 1. The fourth-order valence-corrected chi connectivity index (χ4v) is 5.40. The topological polar surface area (TPSA) is 128 Å². The summed E-state index contributed by atoms with van der Waals surface area (Å²) in [4.78, 5) is 30.2. The van der Waals surface area contributed by atoms with E-state index in [1.165, 1.54) is 30.2 Å². The van der Waals surface area contributed by atoms with Crippen LogP contribution in [0.1, 0.15) is 27.9 Å². The molecule has 12 heteroatoms. The van der Waals surface area contributed by atoms with Gasteiger partial charge in [-0.1, -0.05) is 41.9 Å². The van der Waals surface area contributed by atoms with E-state index in [9.17, 15) is 18.0 Å². The van der Waals surface area contributed by atoms with Gasteiger partial charge in [-0.2, -0.15) is 0 Å². The predicted octanol–water partition coefficient (Wildman–Crippen LogP) is 3.64. The molecular formula is C30H34ClN3O7S. The standard InChI is InChI=1S/C30H34ClN3O7S/c1-21-15-23(9-11-26(21)31)40-20-30(17-28(35)33(2)18-22-7-5-4-6-8-22)19-34(13-14-41-30)29(36)25-16-24(42(32,37)38)10-12-27(25)39-3/h4-12,15-16H,13-14,17-20H2,1-3H3,(H2,32,37,38)/t30-/m1/s1. The second-order valence-corrected chi connectivity index (χ2v) is 12.2. The van der Waals surface area contributed by atoms with Crippen molar-refractivity contribution in [1.82, 2.24) is 9.80 Å². The molecule has 1 heterocycles. The number of morpholine rings is 1. The third kappa shape index (κ3) is 7.60. The lowest BCUT2D eigenvalue weighted by molar-refractivity contribution is -0.152. The van der Waals surface area contributed by atoms with Crippen molar-refractivity contribution in [3.05, 3.63) is 88.4 Å². The summed E-state index contributed by atoms with van der Waals surface area (Å²) >= 11 is 6.17. The Morgan fingerprint density at radius 2 is 1.86 bits per heavy atom. The molecule has 0 saturated carbocycles. The maximum Gasteiger partial charge on any atom is 0.257 e. The Balaban J connectivity index is 1.61. The molecule has 1 aliphatic heterocycles. The molecule has 224 valence electrons. The Hall–Kier alpha value is -3.64. The zero-order valence-corrected chi connectivity index (χ0v) is 25.3. The highest BCUT2D eigenvalue weighted by Gasteiger charge is 2.42. The quantitative estimate of drug-likeness (QED) is 0.369. The van der Waals surface area contributed by atoms with Crippen LogP contribution < -0.4 is 14.6 Å². The highest BCUT2D eigenvalue weighted by Crippen LogP contribution is 2.30. The molecular weight excluding hydrogens is 582 g/mol. The summed E-state index contributed by atoms with van der Waals surface area (Å²) in [5.41, 5.74) is 0.624. The number of methoxy groups -OCH3 is 1. The molecule has 1 saturated heterocycles. The average Bonchev–Trinajstić information content (AvgIpc) is 2.97. The zero-order chi connectivity index (χ0) is 30.5. The maximum absolute atomic E-state index is 13.8. The van der Waals surface area contributed by atoms with Crippen molar-refractivity contribution in [3.8, 4) is 11.5 Å². The zero-order valence-electron chi connectivity index (χ0n) is 23.7. The number of primary sulfonamides is 1. The molecule has 0 bridgehead atoms. The van der Waals surface area contributed by atoms with E-state index < -0.39 is 21.5 Å². The van der Waals surface area contributed by atoms with Crippen LogP contribution in [0.2, 0.25) is 5.02 Å². The first-order valence-corrected chi connectivity index (χ1v) is 15.1. The summed E-state index contributed by atoms with van der Waals surface area (Å²) < 4.78 is 41.7. The SMILES string of the molecule is COc1ccc(S(N)(=O)=O)cc1C(=O)N1CCO[C@](COc2ccc(Cl)c(C)c2)(CC(=O)N(C)Cc2ccccc2)C1. The van der Waals surface area contributed by atoms with E-state index in [0.29, 0.717) is 17.3 Å². The summed E-state index contributed by atoms with van der Waals surface area (Å²) in [7, 11) is -0.971. The van der Waals surface area contributed by atoms with Gasteiger partial charge in [-0.15, -0.1) is 0 Å². The number of hydrogen-bond donors (Lipinski definition) is 1. The number of rotatable bonds is 10. The molecule has 1 fully saturated rings. The summed E-state index contributed by atoms with van der Waals surface area (Å²) in [5.74, 6) is 0.0438. The highest BCUT2D eigenvalue weighted by molar-refractivity contribution is 7.89. The minimum Gasteiger partial charge on any atom is -0.496 e. The van der Waals surface area contributed by atoms with E-state index in [1.807, 2.05) is 37.3 Å². The Bertz CT molecular complexity index is 1550. The first-order valence-electron chi connectivity index (χ1n) is 13.2. The molecule has 2 N–H and O–H groups in total. The molecule has 0 radical (unpaired) electrons. The summed E-state index contributed by atoms with van der Waals surface area (Å²) in [5, 5.41) is 5.91. The molecule has 2 amide bonds. The van der Waals surface area contributed by atoms with Gasteiger partial charge < -0.3 is 24.0 Å². The predicted molar refractivity (Wildman–Crippen MR) is 158 cm³/mol. The molecule has 0 unspecified atom stereocenters. The van der Waals surface area contributed by atoms with Crippen molar-refractivity contribution in [1.29, 1.82) is 0 Å². The normalized spacial score (nSPS) is 17.0. The molecule has 0 aromatic heterocycles. The van der Waals surface area contributed by atoms with E-state index in [4.69, 9.17) is 31.0 Å². The highest BCUT2D eigenvalue weighted by atomic mass is 35.5. The van der Waals surface area contributed by atoms with Crippen LogP contribution in [0, 0.1) is 6.92 Å². The molecule has 3 aromatic carbocycles. The van der Waals surface area contributed by atoms with Crippen molar-refractivity contribution in [3.63, 3.8) is 0 Å². The molecule has 0 spiro atoms. The van der Waals surface area contributed by atoms with Gasteiger partial charge >= 0.3 is 0 Å². The maximum atomic E-state index is 13.8. The number of benzene rings is 3. The second kappa shape index (κ2) is 13.1. The van der Waals surface area contributed by atoms with Crippen LogP contribution >= 0.6 is 11.6 Å². The number of carbonyl (C=O) groups is 2. The fourth-order valence-electron chi connectivity index (χ4n) is 4.74. The molecule has 1 aliphatic rings. The smallest absolute Gasteiger partial charge is 0.257 e. The monoisotopic (exact) mass is 615 g/mol. The van der Waals surface area contributed by atoms with Crippen LogP contribution in [0.25, 0.3) is 0 Å². The lowest BCUT2D eigenvalue weighted by Crippen LogP contribution is -2.58. The Labute approximate surface area is 251 Å². The van der Waals surface area contributed by atoms with E-state index in [-0.39, 0.29) is 54.8 Å². The summed E-state index contributed by atoms with van der Waals surface area (Å²) in [6, 6.07) is 18.7. The van der Waals surface area contributed by atoms with Gasteiger partial charge in [0.2, 0.25) is 15.9 Å². The van der Waals surface area contributed by atoms with Gasteiger partial charge in [-0.25, -0.2) is 13.6 Å². The number of ether oxygens (including phenoxy) is 3. The second-order valence-electron chi connectivity index (χ2n) is 10.3. The van der Waals surface area contributed by atoms with Crippen molar-refractivity contribution in [2.75, 3.05) is 40.5 Å². The lowest BCUT2D eigenvalue weighted by atomic mass is 9.96. The number of sulfonamides is 1. The minimum atomic E-state index is -4.07. The Morgan fingerprint density at radius 3 is 2.52 bits per heavy atom. The Morgan fingerprint density at radius 1 is 1.12 bits per heavy atom. The van der Waals surface area contributed by atoms with E-state index >= 15 is 0 Å². The molecule has 1 atom stereocenters. The first kappa shape index (κ1) is 31.3. The van der Waals surface area contributed by atoms with Crippen molar-refractivity contribution >= 4 is 33.4 Å². The van der Waals surface area contributed by atoms with Gasteiger partial charge in [-0.3, -0.25) is 9.59 Å².